The number of aliphatic carboxylic acids is 1. The lowest BCUT2D eigenvalue weighted by molar-refractivity contribution is -0.143. The summed E-state index contributed by atoms with van der Waals surface area (Å²) >= 11 is 0. The van der Waals surface area contributed by atoms with Crippen molar-refractivity contribution in [3.63, 3.8) is 0 Å². The number of carbonyl (C=O) groups is 2. The average Bonchev–Trinajstić information content (AvgIpc) is 3.60. The van der Waals surface area contributed by atoms with Crippen LogP contribution in [0.15, 0.2) is 18.3 Å². The quantitative estimate of drug-likeness (QED) is 0.641. The fraction of sp³-hybridized carbons (Fsp3) is 0.609. The van der Waals surface area contributed by atoms with Gasteiger partial charge in [-0.05, 0) is 63.5 Å². The van der Waals surface area contributed by atoms with Gasteiger partial charge in [0.2, 0.25) is 0 Å². The van der Waals surface area contributed by atoms with Crippen LogP contribution in [0.2, 0.25) is 0 Å². The molecule has 0 aliphatic heterocycles. The van der Waals surface area contributed by atoms with Crippen molar-refractivity contribution >= 4 is 12.1 Å². The van der Waals surface area contributed by atoms with E-state index in [9.17, 15) is 14.7 Å². The zero-order valence-corrected chi connectivity index (χ0v) is 19.3. The van der Waals surface area contributed by atoms with E-state index in [1.54, 1.807) is 42.0 Å². The third-order valence-corrected chi connectivity index (χ3v) is 6.74. The first-order valence-corrected chi connectivity index (χ1v) is 11.5. The van der Waals surface area contributed by atoms with Crippen LogP contribution in [0.25, 0.3) is 11.4 Å². The topological polar surface area (TPSA) is 120 Å². The fourth-order valence-electron chi connectivity index (χ4n) is 4.29. The molecule has 2 aromatic heterocycles. The lowest BCUT2D eigenvalue weighted by Gasteiger charge is -2.27. The van der Waals surface area contributed by atoms with Crippen LogP contribution < -0.4 is 4.74 Å². The second kappa shape index (κ2) is 9.76. The van der Waals surface area contributed by atoms with Crippen molar-refractivity contribution in [2.24, 2.45) is 18.9 Å². The first-order valence-electron chi connectivity index (χ1n) is 11.5. The van der Waals surface area contributed by atoms with E-state index in [-0.39, 0.29) is 30.8 Å². The van der Waals surface area contributed by atoms with E-state index in [0.29, 0.717) is 41.6 Å². The van der Waals surface area contributed by atoms with E-state index in [0.717, 1.165) is 25.7 Å². The van der Waals surface area contributed by atoms with Gasteiger partial charge in [-0.3, -0.25) is 9.78 Å². The van der Waals surface area contributed by atoms with Crippen LogP contribution in [-0.2, 0) is 23.2 Å². The Morgan fingerprint density at radius 1 is 1.27 bits per heavy atom. The van der Waals surface area contributed by atoms with Crippen LogP contribution in [-0.4, -0.2) is 61.2 Å². The standard InChI is InChI=1S/C23H31N5O5/c1-14(15-7-8-15)27(2)23(31)32-13-20-21(25-26-28(20)3)19-10-9-18(12-24-19)33-17-6-4-5-16(11-17)22(29)30/h9-10,12,14-17H,4-8,11,13H2,1-3H3,(H,29,30)/t14?,16-,17-/m0/s1. The highest BCUT2D eigenvalue weighted by molar-refractivity contribution is 5.70. The van der Waals surface area contributed by atoms with Crippen molar-refractivity contribution < 1.29 is 24.2 Å². The van der Waals surface area contributed by atoms with Crippen molar-refractivity contribution in [1.29, 1.82) is 0 Å². The largest absolute Gasteiger partial charge is 0.489 e. The molecule has 2 aliphatic carbocycles. The zero-order valence-electron chi connectivity index (χ0n) is 19.3. The molecule has 0 saturated heterocycles. The van der Waals surface area contributed by atoms with E-state index in [2.05, 4.69) is 15.3 Å². The van der Waals surface area contributed by atoms with Crippen LogP contribution in [0.1, 0.15) is 51.1 Å². The molecule has 2 aliphatic rings. The lowest BCUT2D eigenvalue weighted by Crippen LogP contribution is -2.36. The van der Waals surface area contributed by atoms with Gasteiger partial charge < -0.3 is 19.5 Å². The van der Waals surface area contributed by atoms with Crippen molar-refractivity contribution in [3.8, 4) is 17.1 Å². The molecule has 2 aromatic rings. The molecule has 10 heteroatoms. The second-order valence-electron chi connectivity index (χ2n) is 9.07. The van der Waals surface area contributed by atoms with Crippen LogP contribution in [0.4, 0.5) is 4.79 Å². The van der Waals surface area contributed by atoms with Crippen LogP contribution in [0, 0.1) is 11.8 Å². The number of pyridine rings is 1. The van der Waals surface area contributed by atoms with Gasteiger partial charge in [0.05, 0.1) is 23.9 Å². The van der Waals surface area contributed by atoms with E-state index >= 15 is 0 Å². The number of hydrogen-bond donors (Lipinski definition) is 1. The molecule has 1 amide bonds. The molecule has 178 valence electrons. The highest BCUT2D eigenvalue weighted by atomic mass is 16.6. The smallest absolute Gasteiger partial charge is 0.410 e. The maximum absolute atomic E-state index is 12.5. The summed E-state index contributed by atoms with van der Waals surface area (Å²) in [6.07, 6.45) is 6.28. The molecule has 0 bridgehead atoms. The number of amides is 1. The Bertz CT molecular complexity index is 988. The van der Waals surface area contributed by atoms with Gasteiger partial charge in [-0.15, -0.1) is 5.10 Å². The minimum Gasteiger partial charge on any atom is -0.489 e. The number of nitrogens with zero attached hydrogens (tertiary/aromatic N) is 5. The summed E-state index contributed by atoms with van der Waals surface area (Å²) in [6, 6.07) is 3.73. The normalized spacial score (nSPS) is 21.3. The van der Waals surface area contributed by atoms with Gasteiger partial charge in [0.1, 0.15) is 23.7 Å². The van der Waals surface area contributed by atoms with Gasteiger partial charge in [0, 0.05) is 20.1 Å². The fourth-order valence-corrected chi connectivity index (χ4v) is 4.29. The maximum Gasteiger partial charge on any atom is 0.410 e. The summed E-state index contributed by atoms with van der Waals surface area (Å²) in [5, 5.41) is 17.5. The number of ether oxygens (including phenoxy) is 2. The minimum absolute atomic E-state index is 0.0397. The molecule has 2 saturated carbocycles. The third kappa shape index (κ3) is 5.43. The summed E-state index contributed by atoms with van der Waals surface area (Å²) in [5.74, 6) is 0.0281. The van der Waals surface area contributed by atoms with Gasteiger partial charge in [-0.2, -0.15) is 0 Å². The van der Waals surface area contributed by atoms with Gasteiger partial charge in [0.15, 0.2) is 0 Å². The molecular formula is C23H31N5O5. The highest BCUT2D eigenvalue weighted by Gasteiger charge is 2.33. The highest BCUT2D eigenvalue weighted by Crippen LogP contribution is 2.35. The van der Waals surface area contributed by atoms with Gasteiger partial charge in [-0.1, -0.05) is 5.21 Å². The van der Waals surface area contributed by atoms with Gasteiger partial charge in [0.25, 0.3) is 0 Å². The first kappa shape index (κ1) is 23.0. The monoisotopic (exact) mass is 457 g/mol. The van der Waals surface area contributed by atoms with Gasteiger partial charge in [-0.25, -0.2) is 9.48 Å². The predicted molar refractivity (Wildman–Crippen MR) is 118 cm³/mol. The molecule has 33 heavy (non-hydrogen) atoms. The summed E-state index contributed by atoms with van der Waals surface area (Å²) in [6.45, 7) is 2.08. The number of carboxylic acid groups (broad SMARTS) is 1. The maximum atomic E-state index is 12.5. The van der Waals surface area contributed by atoms with Crippen molar-refractivity contribution in [1.82, 2.24) is 24.9 Å². The van der Waals surface area contributed by atoms with Gasteiger partial charge >= 0.3 is 12.1 Å². The molecule has 1 unspecified atom stereocenters. The zero-order chi connectivity index (χ0) is 23.5. The summed E-state index contributed by atoms with van der Waals surface area (Å²) in [7, 11) is 3.51. The number of carboxylic acids is 1. The molecule has 0 spiro atoms. The lowest BCUT2D eigenvalue weighted by atomic mass is 9.87. The molecular weight excluding hydrogens is 426 g/mol. The van der Waals surface area contributed by atoms with E-state index in [1.165, 1.54) is 0 Å². The van der Waals surface area contributed by atoms with E-state index in [4.69, 9.17) is 9.47 Å². The number of rotatable bonds is 8. The molecule has 2 heterocycles. The molecule has 0 aromatic carbocycles. The molecule has 1 N–H and O–H groups in total. The number of aromatic nitrogens is 4. The Kier molecular flexibility index (Phi) is 6.80. The van der Waals surface area contributed by atoms with Crippen molar-refractivity contribution in [3.05, 3.63) is 24.0 Å². The van der Waals surface area contributed by atoms with Crippen molar-refractivity contribution in [2.45, 2.75) is 64.2 Å². The molecule has 4 rings (SSSR count). The molecule has 2 fully saturated rings. The Morgan fingerprint density at radius 3 is 2.73 bits per heavy atom. The van der Waals surface area contributed by atoms with Crippen molar-refractivity contribution in [2.75, 3.05) is 7.05 Å². The minimum atomic E-state index is -0.763. The predicted octanol–water partition coefficient (Wildman–Crippen LogP) is 3.27. The third-order valence-electron chi connectivity index (χ3n) is 6.74. The summed E-state index contributed by atoms with van der Waals surface area (Å²) in [5.41, 5.74) is 1.78. The average molecular weight is 458 g/mol. The van der Waals surface area contributed by atoms with E-state index < -0.39 is 5.97 Å². The Morgan fingerprint density at radius 2 is 2.06 bits per heavy atom. The van der Waals surface area contributed by atoms with Crippen LogP contribution >= 0.6 is 0 Å². The first-order chi connectivity index (χ1) is 15.8. The van der Waals surface area contributed by atoms with Crippen LogP contribution in [0.3, 0.4) is 0 Å². The SMILES string of the molecule is CC(C1CC1)N(C)C(=O)OCc1c(-c2ccc(O[C@H]3CCC[C@H](C(=O)O)C3)cn2)nnn1C. The van der Waals surface area contributed by atoms with Crippen LogP contribution in [0.5, 0.6) is 5.75 Å². The molecule has 3 atom stereocenters. The number of aryl methyl sites for hydroxylation is 1. The number of hydrogen-bond acceptors (Lipinski definition) is 7. The summed E-state index contributed by atoms with van der Waals surface area (Å²) in [4.78, 5) is 29.8. The molecule has 10 nitrogen and oxygen atoms in total. The summed E-state index contributed by atoms with van der Waals surface area (Å²) < 4.78 is 13.1. The Hall–Kier alpha value is -3.17. The second-order valence-corrected chi connectivity index (χ2v) is 9.07. The van der Waals surface area contributed by atoms with E-state index in [1.807, 2.05) is 6.92 Å². The Balaban J connectivity index is 1.38. The molecule has 0 radical (unpaired) electrons. The Labute approximate surface area is 192 Å². The number of carbonyl (C=O) groups excluding carboxylic acids is 1.